The second-order valence-corrected chi connectivity index (χ2v) is 8.52. The zero-order chi connectivity index (χ0) is 21.1. The van der Waals surface area contributed by atoms with Crippen LogP contribution < -0.4 is 9.64 Å². The van der Waals surface area contributed by atoms with Crippen LogP contribution in [0.3, 0.4) is 0 Å². The van der Waals surface area contributed by atoms with E-state index in [-0.39, 0.29) is 17.4 Å². The Bertz CT molecular complexity index is 1140. The normalized spacial score (nSPS) is 15.0. The van der Waals surface area contributed by atoms with Crippen molar-refractivity contribution in [1.29, 1.82) is 0 Å². The van der Waals surface area contributed by atoms with Gasteiger partial charge in [-0.15, -0.1) is 11.3 Å². The highest BCUT2D eigenvalue weighted by Crippen LogP contribution is 2.34. The third kappa shape index (κ3) is 4.21. The number of Topliss-reactive ketones (excluding diaryl/α,β-unsaturated/α-hetero) is 1. The number of amides is 1. The van der Waals surface area contributed by atoms with Crippen LogP contribution in [-0.2, 0) is 4.79 Å². The molecular formula is C21H16ClN3O3S2. The molecule has 0 fully saturated rings. The predicted octanol–water partition coefficient (Wildman–Crippen LogP) is 5.10. The highest BCUT2D eigenvalue weighted by Gasteiger charge is 2.33. The number of rotatable bonds is 6. The molecule has 3 heterocycles. The number of hydrogen-bond acceptors (Lipinski definition) is 6. The number of halogens is 1. The summed E-state index contributed by atoms with van der Waals surface area (Å²) in [7, 11) is 1.53. The summed E-state index contributed by atoms with van der Waals surface area (Å²) in [5.41, 5.74) is 1.37. The van der Waals surface area contributed by atoms with Crippen molar-refractivity contribution in [1.82, 2.24) is 4.98 Å². The van der Waals surface area contributed by atoms with Gasteiger partial charge in [0.2, 0.25) is 0 Å². The Morgan fingerprint density at radius 1 is 1.33 bits per heavy atom. The van der Waals surface area contributed by atoms with Crippen LogP contribution in [0.25, 0.3) is 6.08 Å². The number of aromatic amines is 1. The van der Waals surface area contributed by atoms with E-state index < -0.39 is 0 Å². The van der Waals surface area contributed by atoms with Crippen molar-refractivity contribution in [3.05, 3.63) is 75.3 Å². The number of amidine groups is 1. The summed E-state index contributed by atoms with van der Waals surface area (Å²) in [6.45, 7) is 0. The Labute approximate surface area is 186 Å². The number of ether oxygens (including phenoxy) is 1. The number of anilines is 1. The van der Waals surface area contributed by atoms with Crippen LogP contribution in [0.2, 0.25) is 5.02 Å². The summed E-state index contributed by atoms with van der Waals surface area (Å²) in [5.74, 6) is 0.289. The molecule has 0 radical (unpaired) electrons. The second-order valence-electron chi connectivity index (χ2n) is 6.19. The Balaban J connectivity index is 1.65. The molecule has 152 valence electrons. The molecule has 4 rings (SSSR count). The van der Waals surface area contributed by atoms with E-state index in [9.17, 15) is 9.59 Å². The molecule has 1 aromatic carbocycles. The first-order valence-electron chi connectivity index (χ1n) is 8.88. The minimum Gasteiger partial charge on any atom is -0.495 e. The van der Waals surface area contributed by atoms with E-state index in [0.29, 0.717) is 33.0 Å². The van der Waals surface area contributed by atoms with Crippen molar-refractivity contribution >= 4 is 63.3 Å². The number of hydrogen-bond donors (Lipinski definition) is 1. The smallest absolute Gasteiger partial charge is 0.283 e. The average Bonchev–Trinajstić information content (AvgIpc) is 3.49. The predicted molar refractivity (Wildman–Crippen MR) is 123 cm³/mol. The lowest BCUT2D eigenvalue weighted by Crippen LogP contribution is -2.30. The maximum Gasteiger partial charge on any atom is 0.283 e. The van der Waals surface area contributed by atoms with Gasteiger partial charge in [-0.3, -0.25) is 14.5 Å². The fourth-order valence-electron chi connectivity index (χ4n) is 2.83. The number of methoxy groups -OCH3 is 1. The molecule has 0 saturated carbocycles. The van der Waals surface area contributed by atoms with Gasteiger partial charge in [0.25, 0.3) is 5.91 Å². The topological polar surface area (TPSA) is 74.8 Å². The number of carbonyl (C=O) groups is 2. The van der Waals surface area contributed by atoms with Gasteiger partial charge < -0.3 is 9.72 Å². The van der Waals surface area contributed by atoms with Crippen molar-refractivity contribution in [2.75, 3.05) is 17.8 Å². The number of H-pyrrole nitrogens is 1. The van der Waals surface area contributed by atoms with E-state index in [4.69, 9.17) is 16.3 Å². The standard InChI is InChI=1S/C21H16ClN3O3S2/c1-28-19-7-6-13(10-15(19)22)25-20(27)17(11-14-4-3-9-29-14)24-21(25)30-12-18(26)16-5-2-8-23-16/h2-11,23H,12H2,1H3/b17-11+. The highest BCUT2D eigenvalue weighted by atomic mass is 35.5. The fraction of sp³-hybridized carbons (Fsp3) is 0.0952. The number of aliphatic imine (C=N–C) groups is 1. The largest absolute Gasteiger partial charge is 0.495 e. The first-order chi connectivity index (χ1) is 14.6. The highest BCUT2D eigenvalue weighted by molar-refractivity contribution is 8.14. The van der Waals surface area contributed by atoms with Crippen LogP contribution in [0.5, 0.6) is 5.75 Å². The lowest BCUT2D eigenvalue weighted by Gasteiger charge is -2.18. The SMILES string of the molecule is COc1ccc(N2C(=O)/C(=C\c3cccs3)N=C2SCC(=O)c2ccc[nH]2)cc1Cl. The van der Waals surface area contributed by atoms with Crippen LogP contribution in [0.1, 0.15) is 15.4 Å². The molecule has 3 aromatic rings. The van der Waals surface area contributed by atoms with Gasteiger partial charge in [0.1, 0.15) is 11.4 Å². The van der Waals surface area contributed by atoms with E-state index in [1.807, 2.05) is 17.5 Å². The summed E-state index contributed by atoms with van der Waals surface area (Å²) in [5, 5.41) is 2.73. The molecule has 1 N–H and O–H groups in total. The minimum atomic E-state index is -0.278. The van der Waals surface area contributed by atoms with E-state index in [1.165, 1.54) is 35.1 Å². The molecule has 9 heteroatoms. The molecule has 1 amide bonds. The van der Waals surface area contributed by atoms with Crippen molar-refractivity contribution in [2.24, 2.45) is 4.99 Å². The van der Waals surface area contributed by atoms with Gasteiger partial charge in [-0.1, -0.05) is 29.4 Å². The lowest BCUT2D eigenvalue weighted by atomic mass is 10.2. The van der Waals surface area contributed by atoms with Gasteiger partial charge in [0, 0.05) is 11.1 Å². The third-order valence-electron chi connectivity index (χ3n) is 4.28. The molecule has 0 bridgehead atoms. The van der Waals surface area contributed by atoms with Crippen molar-refractivity contribution < 1.29 is 14.3 Å². The number of nitrogens with one attached hydrogen (secondary N) is 1. The molecule has 1 aliphatic rings. The molecule has 1 aliphatic heterocycles. The summed E-state index contributed by atoms with van der Waals surface area (Å²) in [4.78, 5) is 35.4. The maximum atomic E-state index is 13.2. The average molecular weight is 458 g/mol. The molecule has 6 nitrogen and oxygen atoms in total. The van der Waals surface area contributed by atoms with Crippen LogP contribution in [0, 0.1) is 0 Å². The molecular weight excluding hydrogens is 442 g/mol. The molecule has 0 spiro atoms. The molecule has 0 aliphatic carbocycles. The van der Waals surface area contributed by atoms with Gasteiger partial charge in [0.15, 0.2) is 11.0 Å². The zero-order valence-electron chi connectivity index (χ0n) is 15.8. The number of thiophene rings is 1. The Hall–Kier alpha value is -2.81. The number of thioether (sulfide) groups is 1. The van der Waals surface area contributed by atoms with Crippen molar-refractivity contribution in [2.45, 2.75) is 0 Å². The van der Waals surface area contributed by atoms with Gasteiger partial charge in [-0.05, 0) is 47.9 Å². The number of ketones is 1. The maximum absolute atomic E-state index is 13.2. The van der Waals surface area contributed by atoms with Crippen molar-refractivity contribution in [3.63, 3.8) is 0 Å². The van der Waals surface area contributed by atoms with Gasteiger partial charge in [-0.25, -0.2) is 4.99 Å². The molecule has 30 heavy (non-hydrogen) atoms. The third-order valence-corrected chi connectivity index (χ3v) is 6.33. The number of nitrogens with zero attached hydrogens (tertiary/aromatic N) is 2. The monoisotopic (exact) mass is 457 g/mol. The van der Waals surface area contributed by atoms with Crippen LogP contribution in [0.15, 0.2) is 64.7 Å². The summed E-state index contributed by atoms with van der Waals surface area (Å²) >= 11 is 8.99. The van der Waals surface area contributed by atoms with Crippen molar-refractivity contribution in [3.8, 4) is 5.75 Å². The molecule has 0 unspecified atom stereocenters. The van der Waals surface area contributed by atoms with E-state index in [1.54, 1.807) is 42.6 Å². The molecule has 0 saturated heterocycles. The van der Waals surface area contributed by atoms with E-state index in [2.05, 4.69) is 9.98 Å². The van der Waals surface area contributed by atoms with Crippen LogP contribution >= 0.6 is 34.7 Å². The lowest BCUT2D eigenvalue weighted by molar-refractivity contribution is -0.113. The Morgan fingerprint density at radius 3 is 2.87 bits per heavy atom. The number of aromatic nitrogens is 1. The summed E-state index contributed by atoms with van der Waals surface area (Å²) < 4.78 is 5.20. The first kappa shape index (κ1) is 20.5. The molecule has 0 atom stereocenters. The fourth-order valence-corrected chi connectivity index (χ4v) is 4.63. The van der Waals surface area contributed by atoms with Crippen LogP contribution in [0.4, 0.5) is 5.69 Å². The zero-order valence-corrected chi connectivity index (χ0v) is 18.2. The summed E-state index contributed by atoms with van der Waals surface area (Å²) in [6, 6.07) is 12.4. The number of carbonyl (C=O) groups excluding carboxylic acids is 2. The van der Waals surface area contributed by atoms with Gasteiger partial charge >= 0.3 is 0 Å². The first-order valence-corrected chi connectivity index (χ1v) is 11.1. The molecule has 2 aromatic heterocycles. The quantitative estimate of drug-likeness (QED) is 0.413. The Morgan fingerprint density at radius 2 is 2.20 bits per heavy atom. The minimum absolute atomic E-state index is 0.0800. The van der Waals surface area contributed by atoms with E-state index in [0.717, 1.165) is 4.88 Å². The van der Waals surface area contributed by atoms with Gasteiger partial charge in [0.05, 0.1) is 29.3 Å². The Kier molecular flexibility index (Phi) is 6.08. The summed E-state index contributed by atoms with van der Waals surface area (Å²) in [6.07, 6.45) is 3.44. The van der Waals surface area contributed by atoms with Gasteiger partial charge in [-0.2, -0.15) is 0 Å². The van der Waals surface area contributed by atoms with E-state index >= 15 is 0 Å². The number of benzene rings is 1. The van der Waals surface area contributed by atoms with Crippen LogP contribution in [-0.4, -0.2) is 34.7 Å². The second kappa shape index (κ2) is 8.91.